The number of benzene rings is 1. The molecule has 114 valence electrons. The molecule has 3 rings (SSSR count). The molecule has 1 aliphatic rings. The van der Waals surface area contributed by atoms with Crippen molar-refractivity contribution in [2.75, 3.05) is 4.90 Å². The molecule has 22 heavy (non-hydrogen) atoms. The van der Waals surface area contributed by atoms with Crippen molar-refractivity contribution >= 4 is 17.6 Å². The van der Waals surface area contributed by atoms with Crippen molar-refractivity contribution in [3.8, 4) is 0 Å². The number of carbonyl (C=O) groups is 2. The number of rotatable bonds is 3. The molecule has 0 saturated carbocycles. The Bertz CT molecular complexity index is 747. The van der Waals surface area contributed by atoms with Gasteiger partial charge in [-0.2, -0.15) is 0 Å². The topological polar surface area (TPSA) is 70.8 Å². The predicted octanol–water partition coefficient (Wildman–Crippen LogP) is 3.13. The Morgan fingerprint density at radius 1 is 1.36 bits per heavy atom. The maximum absolute atomic E-state index is 12.8. The Hall–Kier alpha value is -2.56. The summed E-state index contributed by atoms with van der Waals surface area (Å²) < 4.78 is 5.49. The second-order valence-corrected chi connectivity index (χ2v) is 5.46. The van der Waals surface area contributed by atoms with Gasteiger partial charge in [0.05, 0.1) is 0 Å². The van der Waals surface area contributed by atoms with Gasteiger partial charge in [-0.25, -0.2) is 4.79 Å². The molecule has 0 spiro atoms. The van der Waals surface area contributed by atoms with Crippen LogP contribution in [0.3, 0.4) is 0 Å². The number of anilines is 1. The molecule has 0 fully saturated rings. The van der Waals surface area contributed by atoms with Crippen molar-refractivity contribution < 1.29 is 19.1 Å². The van der Waals surface area contributed by atoms with Crippen LogP contribution in [0.5, 0.6) is 0 Å². The highest BCUT2D eigenvalue weighted by molar-refractivity contribution is 6.07. The summed E-state index contributed by atoms with van der Waals surface area (Å²) in [5.41, 5.74) is 2.04. The first-order valence-corrected chi connectivity index (χ1v) is 7.30. The number of para-hydroxylation sites is 1. The first kappa shape index (κ1) is 14.4. The van der Waals surface area contributed by atoms with E-state index in [0.29, 0.717) is 12.2 Å². The first-order valence-electron chi connectivity index (χ1n) is 7.30. The summed E-state index contributed by atoms with van der Waals surface area (Å²) in [7, 11) is 0. The second kappa shape index (κ2) is 5.33. The normalized spacial score (nSPS) is 16.6. The number of nitrogens with zero attached hydrogens (tertiary/aromatic N) is 1. The summed E-state index contributed by atoms with van der Waals surface area (Å²) in [5.74, 6) is -0.956. The molecule has 1 atom stereocenters. The van der Waals surface area contributed by atoms with Crippen molar-refractivity contribution in [3.63, 3.8) is 0 Å². The smallest absolute Gasteiger partial charge is 0.339 e. The van der Waals surface area contributed by atoms with E-state index in [-0.39, 0.29) is 23.3 Å². The van der Waals surface area contributed by atoms with Crippen molar-refractivity contribution in [2.45, 2.75) is 32.7 Å². The van der Waals surface area contributed by atoms with Gasteiger partial charge in [-0.15, -0.1) is 0 Å². The van der Waals surface area contributed by atoms with E-state index in [1.165, 1.54) is 6.07 Å². The fraction of sp³-hybridized carbons (Fsp3) is 0.294. The molecule has 5 nitrogen and oxygen atoms in total. The van der Waals surface area contributed by atoms with E-state index in [9.17, 15) is 14.7 Å². The third-order valence-corrected chi connectivity index (χ3v) is 4.00. The van der Waals surface area contributed by atoms with E-state index >= 15 is 0 Å². The second-order valence-electron chi connectivity index (χ2n) is 5.46. The van der Waals surface area contributed by atoms with E-state index < -0.39 is 5.97 Å². The fourth-order valence-corrected chi connectivity index (χ4v) is 2.97. The third-order valence-electron chi connectivity index (χ3n) is 4.00. The Morgan fingerprint density at radius 2 is 2.09 bits per heavy atom. The summed E-state index contributed by atoms with van der Waals surface area (Å²) >= 11 is 0. The lowest BCUT2D eigenvalue weighted by Crippen LogP contribution is -2.35. The molecular formula is C17H17NO4. The molecule has 0 aliphatic carbocycles. The number of hydrogen-bond donors (Lipinski definition) is 1. The van der Waals surface area contributed by atoms with Crippen molar-refractivity contribution in [1.29, 1.82) is 0 Å². The van der Waals surface area contributed by atoms with Crippen molar-refractivity contribution in [2.24, 2.45) is 0 Å². The highest BCUT2D eigenvalue weighted by Crippen LogP contribution is 2.33. The highest BCUT2D eigenvalue weighted by Gasteiger charge is 2.33. The molecule has 2 aromatic rings. The van der Waals surface area contributed by atoms with Gasteiger partial charge in [0.1, 0.15) is 11.3 Å². The van der Waals surface area contributed by atoms with E-state index in [0.717, 1.165) is 17.7 Å². The van der Waals surface area contributed by atoms with Gasteiger partial charge in [-0.1, -0.05) is 25.1 Å². The quantitative estimate of drug-likeness (QED) is 0.945. The van der Waals surface area contributed by atoms with E-state index in [1.807, 2.05) is 31.2 Å². The Labute approximate surface area is 128 Å². The predicted molar refractivity (Wildman–Crippen MR) is 81.5 cm³/mol. The molecule has 1 aromatic heterocycles. The van der Waals surface area contributed by atoms with E-state index in [1.54, 1.807) is 11.8 Å². The number of carboxylic acid groups (broad SMARTS) is 1. The average molecular weight is 299 g/mol. The monoisotopic (exact) mass is 299 g/mol. The molecule has 0 saturated heterocycles. The number of hydrogen-bond acceptors (Lipinski definition) is 3. The number of fused-ring (bicyclic) bond motifs is 1. The maximum atomic E-state index is 12.8. The zero-order valence-electron chi connectivity index (χ0n) is 12.5. The summed E-state index contributed by atoms with van der Waals surface area (Å²) in [6.45, 7) is 3.77. The third kappa shape index (κ3) is 2.19. The molecule has 1 unspecified atom stereocenters. The van der Waals surface area contributed by atoms with E-state index in [2.05, 4.69) is 0 Å². The molecule has 1 aliphatic heterocycles. The number of carbonyl (C=O) groups excluding carboxylic acids is 1. The van der Waals surface area contributed by atoms with Gasteiger partial charge < -0.3 is 14.4 Å². The average Bonchev–Trinajstić information content (AvgIpc) is 3.06. The summed E-state index contributed by atoms with van der Waals surface area (Å²) in [5, 5.41) is 9.18. The molecule has 5 heteroatoms. The summed E-state index contributed by atoms with van der Waals surface area (Å²) in [6.07, 6.45) is 1.22. The highest BCUT2D eigenvalue weighted by atomic mass is 16.4. The van der Waals surface area contributed by atoms with Crippen LogP contribution < -0.4 is 4.90 Å². The van der Waals surface area contributed by atoms with Crippen LogP contribution in [0.15, 0.2) is 34.7 Å². The van der Waals surface area contributed by atoms with Gasteiger partial charge in [-0.05, 0) is 25.0 Å². The van der Waals surface area contributed by atoms with Crippen LogP contribution in [-0.2, 0) is 12.8 Å². The minimum absolute atomic E-state index is 0.0216. The van der Waals surface area contributed by atoms with Crippen LogP contribution in [0.1, 0.15) is 46.1 Å². The molecule has 2 heterocycles. The lowest BCUT2D eigenvalue weighted by atomic mass is 10.1. The Kier molecular flexibility index (Phi) is 3.48. The molecule has 1 aromatic carbocycles. The molecule has 1 N–H and O–H groups in total. The van der Waals surface area contributed by atoms with Gasteiger partial charge in [-0.3, -0.25) is 4.79 Å². The summed E-state index contributed by atoms with van der Waals surface area (Å²) in [6, 6.07) is 9.09. The number of carboxylic acids is 1. The van der Waals surface area contributed by atoms with Crippen LogP contribution in [0, 0.1) is 0 Å². The zero-order valence-corrected chi connectivity index (χ0v) is 12.5. The van der Waals surface area contributed by atoms with Crippen molar-refractivity contribution in [1.82, 2.24) is 0 Å². The van der Waals surface area contributed by atoms with Crippen molar-refractivity contribution in [3.05, 3.63) is 53.0 Å². The number of amides is 1. The standard InChI is InChI=1S/C17H17NO4/c1-3-14-12(17(20)21)9-15(22-14)16(19)18-10(2)8-11-6-4-5-7-13(11)18/h4-7,9-10H,3,8H2,1-2H3,(H,20,21). The lowest BCUT2D eigenvalue weighted by molar-refractivity contribution is 0.0694. The van der Waals surface area contributed by atoms with Crippen LogP contribution >= 0.6 is 0 Å². The van der Waals surface area contributed by atoms with Crippen LogP contribution in [-0.4, -0.2) is 23.0 Å². The van der Waals surface area contributed by atoms with Gasteiger partial charge in [0.2, 0.25) is 0 Å². The minimum atomic E-state index is -1.07. The van der Waals surface area contributed by atoms with Crippen LogP contribution in [0.25, 0.3) is 0 Å². The number of furan rings is 1. The summed E-state index contributed by atoms with van der Waals surface area (Å²) in [4.78, 5) is 25.7. The van der Waals surface area contributed by atoms with Gasteiger partial charge >= 0.3 is 5.97 Å². The maximum Gasteiger partial charge on any atom is 0.339 e. The van der Waals surface area contributed by atoms with Gasteiger partial charge in [0.15, 0.2) is 5.76 Å². The van der Waals surface area contributed by atoms with E-state index in [4.69, 9.17) is 4.42 Å². The number of aryl methyl sites for hydroxylation is 1. The first-order chi connectivity index (χ1) is 10.5. The Balaban J connectivity index is 2.00. The molecule has 0 bridgehead atoms. The van der Waals surface area contributed by atoms with Gasteiger partial charge in [0, 0.05) is 24.2 Å². The zero-order chi connectivity index (χ0) is 15.9. The van der Waals surface area contributed by atoms with Gasteiger partial charge in [0.25, 0.3) is 5.91 Å². The van der Waals surface area contributed by atoms with Crippen LogP contribution in [0.2, 0.25) is 0 Å². The largest absolute Gasteiger partial charge is 0.478 e. The molecular weight excluding hydrogens is 282 g/mol. The SMILES string of the molecule is CCc1oc(C(=O)N2c3ccccc3CC2C)cc1C(=O)O. The molecule has 1 amide bonds. The molecule has 0 radical (unpaired) electrons. The number of aromatic carboxylic acids is 1. The lowest BCUT2D eigenvalue weighted by Gasteiger charge is -2.21. The fourth-order valence-electron chi connectivity index (χ4n) is 2.97. The Morgan fingerprint density at radius 3 is 2.73 bits per heavy atom. The minimum Gasteiger partial charge on any atom is -0.478 e. The van der Waals surface area contributed by atoms with Crippen LogP contribution in [0.4, 0.5) is 5.69 Å².